The highest BCUT2D eigenvalue weighted by Crippen LogP contribution is 2.43. The summed E-state index contributed by atoms with van der Waals surface area (Å²) in [4.78, 5) is 3.69. The zero-order chi connectivity index (χ0) is 33.1. The van der Waals surface area contributed by atoms with Crippen molar-refractivity contribution >= 4 is 103 Å². The molecule has 230 valence electrons. The van der Waals surface area contributed by atoms with E-state index >= 15 is 0 Å². The van der Waals surface area contributed by atoms with Gasteiger partial charge in [0.2, 0.25) is 0 Å². The van der Waals surface area contributed by atoms with Gasteiger partial charge in [0, 0.05) is 53.1 Å². The molecule has 0 spiro atoms. The molecule has 7 aromatic carbocycles. The van der Waals surface area contributed by atoms with E-state index in [0.717, 1.165) is 71.5 Å². The number of hydrogen-bond donors (Lipinski definition) is 0. The third-order valence-electron chi connectivity index (χ3n) is 10.1. The minimum absolute atomic E-state index is 0.650. The number of benzene rings is 7. The van der Waals surface area contributed by atoms with Crippen molar-refractivity contribution in [2.75, 3.05) is 0 Å². The number of nitrogens with zero attached hydrogens (tertiary/aromatic N) is 4. The molecule has 4 heterocycles. The number of nitriles is 1. The Morgan fingerprint density at radius 1 is 0.520 bits per heavy atom. The summed E-state index contributed by atoms with van der Waals surface area (Å²) < 4.78 is 13.4. The zero-order valence-electron chi connectivity index (χ0n) is 26.3. The second-order valence-corrected chi connectivity index (χ2v) is 13.9. The average Bonchev–Trinajstić information content (AvgIpc) is 3.90. The summed E-state index contributed by atoms with van der Waals surface area (Å²) in [5, 5.41) is 18.6. The molecular formula is C44H22N4OS. The summed E-state index contributed by atoms with van der Waals surface area (Å²) in [6, 6.07) is 48.6. The molecule has 0 N–H and O–H groups in total. The summed E-state index contributed by atoms with van der Waals surface area (Å²) in [5.74, 6) is 0. The maximum absolute atomic E-state index is 9.61. The van der Waals surface area contributed by atoms with Crippen molar-refractivity contribution in [3.05, 3.63) is 150 Å². The first kappa shape index (κ1) is 27.1. The van der Waals surface area contributed by atoms with Crippen LogP contribution in [0.4, 0.5) is 5.69 Å². The van der Waals surface area contributed by atoms with Gasteiger partial charge in [-0.2, -0.15) is 5.26 Å². The highest BCUT2D eigenvalue weighted by atomic mass is 32.1. The van der Waals surface area contributed by atoms with Gasteiger partial charge in [0.25, 0.3) is 0 Å². The summed E-state index contributed by atoms with van der Waals surface area (Å²) in [6.45, 7) is 7.55. The van der Waals surface area contributed by atoms with E-state index in [1.54, 1.807) is 11.3 Å². The van der Waals surface area contributed by atoms with E-state index in [2.05, 4.69) is 117 Å². The van der Waals surface area contributed by atoms with Crippen LogP contribution >= 0.6 is 11.3 Å². The molecule has 4 aromatic heterocycles. The quantitative estimate of drug-likeness (QED) is 0.174. The number of furan rings is 1. The molecule has 50 heavy (non-hydrogen) atoms. The minimum Gasteiger partial charge on any atom is -0.456 e. The Hall–Kier alpha value is -6.86. The smallest absolute Gasteiger partial charge is 0.187 e. The van der Waals surface area contributed by atoms with Crippen LogP contribution in [-0.4, -0.2) is 9.13 Å². The van der Waals surface area contributed by atoms with Crippen molar-refractivity contribution in [2.45, 2.75) is 0 Å². The molecule has 11 aromatic rings. The molecular weight excluding hydrogens is 633 g/mol. The van der Waals surface area contributed by atoms with Crippen molar-refractivity contribution in [3.8, 4) is 17.4 Å². The summed E-state index contributed by atoms with van der Waals surface area (Å²) >= 11 is 1.77. The molecule has 0 aliphatic rings. The van der Waals surface area contributed by atoms with Crippen LogP contribution in [0, 0.1) is 17.9 Å². The third-order valence-corrected chi connectivity index (χ3v) is 11.3. The van der Waals surface area contributed by atoms with E-state index in [1.165, 1.54) is 25.6 Å². The van der Waals surface area contributed by atoms with Crippen molar-refractivity contribution < 1.29 is 4.42 Å². The predicted molar refractivity (Wildman–Crippen MR) is 206 cm³/mol. The molecule has 0 fully saturated rings. The lowest BCUT2D eigenvalue weighted by atomic mass is 10.1. The summed E-state index contributed by atoms with van der Waals surface area (Å²) in [5.41, 5.74) is 9.51. The Morgan fingerprint density at radius 2 is 1.14 bits per heavy atom. The number of aromatic nitrogens is 2. The van der Waals surface area contributed by atoms with Crippen LogP contribution in [0.25, 0.3) is 102 Å². The number of fused-ring (bicyclic) bond motifs is 12. The molecule has 0 saturated carbocycles. The van der Waals surface area contributed by atoms with Crippen LogP contribution in [0.1, 0.15) is 5.56 Å². The van der Waals surface area contributed by atoms with E-state index in [1.807, 2.05) is 36.4 Å². The lowest BCUT2D eigenvalue weighted by Gasteiger charge is -2.09. The van der Waals surface area contributed by atoms with Crippen LogP contribution in [-0.2, 0) is 0 Å². The summed E-state index contributed by atoms with van der Waals surface area (Å²) in [6.07, 6.45) is 0. The average molecular weight is 655 g/mol. The van der Waals surface area contributed by atoms with Gasteiger partial charge in [-0.15, -0.1) is 11.3 Å². The monoisotopic (exact) mass is 654 g/mol. The standard InChI is InChI=1S/C44H22N4OS/c1-46-26-11-17-43-35(19-26)36-22-32-30-7-3-5-9-38(30)48(40(32)23-44(36)50-43)28-13-16-42-34(21-28)33-20-27(12-15-41(33)49-42)47-37-8-4-2-6-29(37)31-18-25(24-45)10-14-39(31)47/h2-23H. The molecule has 5 nitrogen and oxygen atoms in total. The third kappa shape index (κ3) is 3.63. The Labute approximate surface area is 288 Å². The largest absolute Gasteiger partial charge is 0.456 e. The molecule has 0 saturated heterocycles. The Bertz CT molecular complexity index is 3360. The van der Waals surface area contributed by atoms with E-state index in [-0.39, 0.29) is 0 Å². The van der Waals surface area contributed by atoms with E-state index in [4.69, 9.17) is 11.0 Å². The van der Waals surface area contributed by atoms with Crippen LogP contribution < -0.4 is 0 Å². The van der Waals surface area contributed by atoms with Gasteiger partial charge in [0.05, 0.1) is 40.3 Å². The van der Waals surface area contributed by atoms with Crippen LogP contribution in [0.3, 0.4) is 0 Å². The lowest BCUT2D eigenvalue weighted by Crippen LogP contribution is -1.94. The van der Waals surface area contributed by atoms with Gasteiger partial charge >= 0.3 is 0 Å². The Balaban J connectivity index is 1.16. The first-order chi connectivity index (χ1) is 24.7. The summed E-state index contributed by atoms with van der Waals surface area (Å²) in [7, 11) is 0. The van der Waals surface area contributed by atoms with Gasteiger partial charge in [-0.05, 0) is 95.7 Å². The maximum Gasteiger partial charge on any atom is 0.187 e. The second kappa shape index (κ2) is 9.84. The van der Waals surface area contributed by atoms with Gasteiger partial charge < -0.3 is 13.6 Å². The molecule has 0 aliphatic carbocycles. The predicted octanol–water partition coefficient (Wildman–Crippen LogP) is 12.6. The van der Waals surface area contributed by atoms with Crippen molar-refractivity contribution in [1.29, 1.82) is 5.26 Å². The minimum atomic E-state index is 0.650. The van der Waals surface area contributed by atoms with Crippen molar-refractivity contribution in [3.63, 3.8) is 0 Å². The van der Waals surface area contributed by atoms with Crippen LogP contribution in [0.5, 0.6) is 0 Å². The van der Waals surface area contributed by atoms with Crippen molar-refractivity contribution in [1.82, 2.24) is 9.13 Å². The molecule has 0 radical (unpaired) electrons. The van der Waals surface area contributed by atoms with Gasteiger partial charge in [0.1, 0.15) is 11.2 Å². The van der Waals surface area contributed by atoms with Gasteiger partial charge in [0.15, 0.2) is 5.69 Å². The number of hydrogen-bond acceptors (Lipinski definition) is 3. The SMILES string of the molecule is [C-]#[N+]c1ccc2sc3cc4c(cc3c2c1)c1ccccc1n4-c1ccc2oc3ccc(-n4c5ccccc5c5cc(C#N)ccc54)cc3c2c1. The highest BCUT2D eigenvalue weighted by molar-refractivity contribution is 7.25. The highest BCUT2D eigenvalue weighted by Gasteiger charge is 2.18. The van der Waals surface area contributed by atoms with E-state index in [9.17, 15) is 5.26 Å². The number of thiophene rings is 1. The molecule has 0 amide bonds. The molecule has 6 heteroatoms. The van der Waals surface area contributed by atoms with Gasteiger partial charge in [-0.3, -0.25) is 0 Å². The van der Waals surface area contributed by atoms with E-state index < -0.39 is 0 Å². The topological polar surface area (TPSA) is 51.1 Å². The molecule has 0 bridgehead atoms. The normalized spacial score (nSPS) is 12.0. The zero-order valence-corrected chi connectivity index (χ0v) is 27.1. The van der Waals surface area contributed by atoms with Gasteiger partial charge in [-0.25, -0.2) is 4.85 Å². The first-order valence-electron chi connectivity index (χ1n) is 16.3. The number of para-hydroxylation sites is 2. The maximum atomic E-state index is 9.61. The fourth-order valence-corrected chi connectivity index (χ4v) is 9.03. The first-order valence-corrected chi connectivity index (χ1v) is 17.2. The second-order valence-electron chi connectivity index (χ2n) is 12.8. The van der Waals surface area contributed by atoms with Crippen molar-refractivity contribution in [2.24, 2.45) is 0 Å². The molecule has 0 unspecified atom stereocenters. The van der Waals surface area contributed by atoms with Crippen LogP contribution in [0.2, 0.25) is 0 Å². The van der Waals surface area contributed by atoms with Gasteiger partial charge in [-0.1, -0.05) is 48.5 Å². The fourth-order valence-electron chi connectivity index (χ4n) is 7.93. The molecule has 11 rings (SSSR count). The molecule has 0 atom stereocenters. The Kier molecular flexibility index (Phi) is 5.34. The lowest BCUT2D eigenvalue weighted by molar-refractivity contribution is 0.669. The molecule has 0 aliphatic heterocycles. The van der Waals surface area contributed by atoms with Crippen LogP contribution in [0.15, 0.2) is 138 Å². The fraction of sp³-hybridized carbons (Fsp3) is 0. The number of rotatable bonds is 2. The Morgan fingerprint density at radius 3 is 1.82 bits per heavy atom. The van der Waals surface area contributed by atoms with E-state index in [0.29, 0.717) is 11.3 Å².